The first-order valence-corrected chi connectivity index (χ1v) is 5.45. The zero-order valence-corrected chi connectivity index (χ0v) is 8.61. The molecule has 0 saturated carbocycles. The maximum absolute atomic E-state index is 5.68. The molecule has 0 fully saturated rings. The van der Waals surface area contributed by atoms with E-state index in [9.17, 15) is 0 Å². The zero-order valence-electron chi connectivity index (χ0n) is 7.03. The summed E-state index contributed by atoms with van der Waals surface area (Å²) in [5, 5.41) is 0.548. The molecule has 1 aliphatic heterocycles. The highest BCUT2D eigenvalue weighted by molar-refractivity contribution is 7.98. The highest BCUT2D eigenvalue weighted by Crippen LogP contribution is 2.17. The molecular formula is C9H9ClN2S. The van der Waals surface area contributed by atoms with Crippen molar-refractivity contribution in [2.75, 3.05) is 5.75 Å². The first kappa shape index (κ1) is 9.03. The molecule has 2 nitrogen and oxygen atoms in total. The van der Waals surface area contributed by atoms with Crippen molar-refractivity contribution in [1.29, 1.82) is 0 Å². The normalized spacial score (nSPS) is 15.9. The molecular weight excluding hydrogens is 204 g/mol. The van der Waals surface area contributed by atoms with E-state index in [-0.39, 0.29) is 0 Å². The standard InChI is InChI=1S/C9H9ClN2S/c10-9-2-1-7(6-11-9)5-8-3-4-13-12-8/h1-2,6H,3-5H2. The van der Waals surface area contributed by atoms with Crippen LogP contribution in [0.1, 0.15) is 12.0 Å². The first-order valence-electron chi connectivity index (χ1n) is 4.13. The molecule has 2 rings (SSSR count). The summed E-state index contributed by atoms with van der Waals surface area (Å²) in [7, 11) is 0. The smallest absolute Gasteiger partial charge is 0.129 e. The lowest BCUT2D eigenvalue weighted by atomic mass is 10.1. The minimum absolute atomic E-state index is 0.548. The lowest BCUT2D eigenvalue weighted by molar-refractivity contribution is 1.18. The van der Waals surface area contributed by atoms with Gasteiger partial charge in [-0.3, -0.25) is 0 Å². The summed E-state index contributed by atoms with van der Waals surface area (Å²) in [6.45, 7) is 0. The van der Waals surface area contributed by atoms with Crippen LogP contribution < -0.4 is 0 Å². The van der Waals surface area contributed by atoms with Crippen molar-refractivity contribution in [3.05, 3.63) is 29.0 Å². The number of nitrogens with zero attached hydrogens (tertiary/aromatic N) is 2. The van der Waals surface area contributed by atoms with E-state index in [0.29, 0.717) is 5.15 Å². The maximum atomic E-state index is 5.68. The van der Waals surface area contributed by atoms with E-state index in [2.05, 4.69) is 9.38 Å². The third-order valence-electron chi connectivity index (χ3n) is 1.87. The molecule has 1 aliphatic rings. The molecule has 0 amide bonds. The van der Waals surface area contributed by atoms with Gasteiger partial charge in [0, 0.05) is 24.1 Å². The Morgan fingerprint density at radius 3 is 3.00 bits per heavy atom. The van der Waals surface area contributed by atoms with Crippen molar-refractivity contribution >= 4 is 29.3 Å². The van der Waals surface area contributed by atoms with Crippen molar-refractivity contribution in [2.45, 2.75) is 12.8 Å². The number of hydrogen-bond acceptors (Lipinski definition) is 3. The Kier molecular flexibility index (Phi) is 2.86. The molecule has 2 heterocycles. The molecule has 68 valence electrons. The topological polar surface area (TPSA) is 25.2 Å². The van der Waals surface area contributed by atoms with E-state index < -0.39 is 0 Å². The van der Waals surface area contributed by atoms with E-state index >= 15 is 0 Å². The molecule has 0 bridgehead atoms. The van der Waals surface area contributed by atoms with Gasteiger partial charge in [0.15, 0.2) is 0 Å². The number of halogens is 1. The van der Waals surface area contributed by atoms with Crippen LogP contribution in [0.25, 0.3) is 0 Å². The Labute approximate surface area is 86.6 Å². The zero-order chi connectivity index (χ0) is 9.10. The van der Waals surface area contributed by atoms with Crippen molar-refractivity contribution in [1.82, 2.24) is 4.98 Å². The van der Waals surface area contributed by atoms with Crippen molar-refractivity contribution in [3.8, 4) is 0 Å². The highest BCUT2D eigenvalue weighted by Gasteiger charge is 2.07. The average Bonchev–Trinajstić information content (AvgIpc) is 2.62. The van der Waals surface area contributed by atoms with Gasteiger partial charge in [-0.05, 0) is 30.0 Å². The summed E-state index contributed by atoms with van der Waals surface area (Å²) in [6.07, 6.45) is 3.83. The third kappa shape index (κ3) is 2.45. The van der Waals surface area contributed by atoms with Crippen LogP contribution in [0.3, 0.4) is 0 Å². The minimum Gasteiger partial charge on any atom is -0.244 e. The van der Waals surface area contributed by atoms with Crippen LogP contribution in [-0.4, -0.2) is 16.4 Å². The monoisotopic (exact) mass is 212 g/mol. The van der Waals surface area contributed by atoms with Crippen molar-refractivity contribution < 1.29 is 0 Å². The van der Waals surface area contributed by atoms with Gasteiger partial charge in [-0.2, -0.15) is 0 Å². The molecule has 0 N–H and O–H groups in total. The molecule has 4 heteroatoms. The van der Waals surface area contributed by atoms with Gasteiger partial charge in [-0.15, -0.1) is 0 Å². The van der Waals surface area contributed by atoms with Gasteiger partial charge in [0.05, 0.1) is 0 Å². The average molecular weight is 213 g/mol. The second kappa shape index (κ2) is 4.11. The van der Waals surface area contributed by atoms with E-state index in [0.717, 1.165) is 18.6 Å². The molecule has 0 saturated heterocycles. The van der Waals surface area contributed by atoms with Gasteiger partial charge in [-0.25, -0.2) is 9.38 Å². The predicted octanol–water partition coefficient (Wildman–Crippen LogP) is 2.77. The largest absolute Gasteiger partial charge is 0.244 e. The molecule has 13 heavy (non-hydrogen) atoms. The van der Waals surface area contributed by atoms with Crippen LogP contribution in [0, 0.1) is 0 Å². The molecule has 0 atom stereocenters. The van der Waals surface area contributed by atoms with Gasteiger partial charge in [-0.1, -0.05) is 17.7 Å². The minimum atomic E-state index is 0.548. The van der Waals surface area contributed by atoms with Gasteiger partial charge < -0.3 is 0 Å². The summed E-state index contributed by atoms with van der Waals surface area (Å²) >= 11 is 7.33. The summed E-state index contributed by atoms with van der Waals surface area (Å²) in [5.41, 5.74) is 2.44. The van der Waals surface area contributed by atoms with E-state index in [1.54, 1.807) is 11.9 Å². The fourth-order valence-corrected chi connectivity index (χ4v) is 2.08. The predicted molar refractivity (Wildman–Crippen MR) is 57.5 cm³/mol. The van der Waals surface area contributed by atoms with Crippen LogP contribution in [0.15, 0.2) is 22.7 Å². The number of aromatic nitrogens is 1. The summed E-state index contributed by atoms with van der Waals surface area (Å²) in [5.74, 6) is 1.12. The molecule has 0 radical (unpaired) electrons. The van der Waals surface area contributed by atoms with Crippen LogP contribution in [0.4, 0.5) is 0 Å². The van der Waals surface area contributed by atoms with Crippen LogP contribution in [0.2, 0.25) is 5.15 Å². The third-order valence-corrected chi connectivity index (χ3v) is 2.87. The summed E-state index contributed by atoms with van der Waals surface area (Å²) in [6, 6.07) is 3.82. The van der Waals surface area contributed by atoms with Crippen LogP contribution in [-0.2, 0) is 6.42 Å². The SMILES string of the molecule is Clc1ccc(CC2=NSCC2)cn1. The Morgan fingerprint density at radius 1 is 1.46 bits per heavy atom. The van der Waals surface area contributed by atoms with E-state index in [1.165, 1.54) is 11.3 Å². The van der Waals surface area contributed by atoms with E-state index in [1.807, 2.05) is 18.3 Å². The van der Waals surface area contributed by atoms with Crippen molar-refractivity contribution in [3.63, 3.8) is 0 Å². The molecule has 1 aromatic rings. The Hall–Kier alpha value is -0.540. The van der Waals surface area contributed by atoms with Gasteiger partial charge in [0.2, 0.25) is 0 Å². The van der Waals surface area contributed by atoms with Gasteiger partial charge in [0.1, 0.15) is 5.15 Å². The lowest BCUT2D eigenvalue weighted by Gasteiger charge is -1.99. The molecule has 0 aliphatic carbocycles. The van der Waals surface area contributed by atoms with Crippen molar-refractivity contribution in [2.24, 2.45) is 4.40 Å². The fourth-order valence-electron chi connectivity index (χ4n) is 1.21. The van der Waals surface area contributed by atoms with Gasteiger partial charge >= 0.3 is 0 Å². The quantitative estimate of drug-likeness (QED) is 0.557. The highest BCUT2D eigenvalue weighted by atomic mass is 35.5. The van der Waals surface area contributed by atoms with Crippen LogP contribution >= 0.6 is 23.5 Å². The second-order valence-electron chi connectivity index (χ2n) is 2.91. The van der Waals surface area contributed by atoms with Gasteiger partial charge in [0.25, 0.3) is 0 Å². The van der Waals surface area contributed by atoms with E-state index in [4.69, 9.17) is 11.6 Å². The summed E-state index contributed by atoms with van der Waals surface area (Å²) in [4.78, 5) is 4.02. The molecule has 0 unspecified atom stereocenters. The summed E-state index contributed by atoms with van der Waals surface area (Å²) < 4.78 is 4.33. The molecule has 1 aromatic heterocycles. The number of rotatable bonds is 2. The lowest BCUT2D eigenvalue weighted by Crippen LogP contribution is -1.99. The number of pyridine rings is 1. The first-order chi connectivity index (χ1) is 6.34. The molecule has 0 spiro atoms. The fraction of sp³-hybridized carbons (Fsp3) is 0.333. The Morgan fingerprint density at radius 2 is 2.38 bits per heavy atom. The van der Waals surface area contributed by atoms with Crippen LogP contribution in [0.5, 0.6) is 0 Å². The Balaban J connectivity index is 2.05. The number of hydrogen-bond donors (Lipinski definition) is 0. The Bertz CT molecular complexity index is 321. The second-order valence-corrected chi connectivity index (χ2v) is 4.14. The maximum Gasteiger partial charge on any atom is 0.129 e. The molecule has 0 aromatic carbocycles.